The summed E-state index contributed by atoms with van der Waals surface area (Å²) in [5.74, 6) is -2.43. The average Bonchev–Trinajstić information content (AvgIpc) is 2.48. The van der Waals surface area contributed by atoms with E-state index in [1.807, 2.05) is 37.3 Å². The molecule has 0 heterocycles. The Labute approximate surface area is 127 Å². The highest BCUT2D eigenvalue weighted by atomic mass is 16.6. The second-order valence-corrected chi connectivity index (χ2v) is 4.96. The van der Waals surface area contributed by atoms with E-state index in [1.165, 1.54) is 12.2 Å². The fourth-order valence-corrected chi connectivity index (χ4v) is 2.62. The van der Waals surface area contributed by atoms with Crippen molar-refractivity contribution in [1.29, 1.82) is 0 Å². The molecule has 0 saturated heterocycles. The number of carboxylic acid groups (broad SMARTS) is 1. The van der Waals surface area contributed by atoms with Crippen LogP contribution >= 0.6 is 0 Å². The molecule has 0 amide bonds. The van der Waals surface area contributed by atoms with Crippen LogP contribution in [0.25, 0.3) is 0 Å². The zero-order valence-electron chi connectivity index (χ0n) is 12.0. The van der Waals surface area contributed by atoms with E-state index in [0.29, 0.717) is 6.54 Å². The standard InChI is InChI=1S/C15H17N3O4/c1-2-17(11-6-4-3-5-7-11)15(16)9-8-12(18(21)22)10-13(15)14(19)20/h3-10,13H,2,16H2,1H3,(H,19,20). The van der Waals surface area contributed by atoms with E-state index < -0.39 is 22.5 Å². The highest BCUT2D eigenvalue weighted by Gasteiger charge is 2.45. The van der Waals surface area contributed by atoms with Crippen LogP contribution in [0.2, 0.25) is 0 Å². The van der Waals surface area contributed by atoms with Crippen molar-refractivity contribution in [1.82, 2.24) is 0 Å². The van der Waals surface area contributed by atoms with E-state index in [0.717, 1.165) is 11.8 Å². The number of para-hydroxylation sites is 1. The number of nitrogens with two attached hydrogens (primary N) is 1. The van der Waals surface area contributed by atoms with Crippen LogP contribution in [0, 0.1) is 16.0 Å². The predicted molar refractivity (Wildman–Crippen MR) is 81.7 cm³/mol. The largest absolute Gasteiger partial charge is 0.481 e. The van der Waals surface area contributed by atoms with Crippen molar-refractivity contribution in [3.05, 3.63) is 64.4 Å². The van der Waals surface area contributed by atoms with E-state index in [4.69, 9.17) is 5.73 Å². The number of nitro groups is 1. The number of nitrogens with zero attached hydrogens (tertiary/aromatic N) is 2. The molecule has 1 aliphatic carbocycles. The summed E-state index contributed by atoms with van der Waals surface area (Å²) in [6.45, 7) is 2.30. The Morgan fingerprint density at radius 1 is 1.45 bits per heavy atom. The first-order valence-corrected chi connectivity index (χ1v) is 6.80. The molecule has 0 saturated carbocycles. The molecule has 0 aliphatic heterocycles. The van der Waals surface area contributed by atoms with Gasteiger partial charge in [0.05, 0.1) is 4.92 Å². The lowest BCUT2D eigenvalue weighted by Gasteiger charge is -2.43. The summed E-state index contributed by atoms with van der Waals surface area (Å²) in [7, 11) is 0. The molecule has 1 aromatic carbocycles. The van der Waals surface area contributed by atoms with Crippen LogP contribution in [0.15, 0.2) is 54.3 Å². The molecule has 2 unspecified atom stereocenters. The van der Waals surface area contributed by atoms with E-state index in [1.54, 1.807) is 4.90 Å². The number of rotatable bonds is 5. The first-order chi connectivity index (χ1) is 10.4. The number of allylic oxidation sites excluding steroid dienone is 1. The van der Waals surface area contributed by atoms with E-state index in [2.05, 4.69) is 0 Å². The molecule has 0 spiro atoms. The maximum Gasteiger partial charge on any atom is 0.314 e. The van der Waals surface area contributed by atoms with Gasteiger partial charge in [-0.2, -0.15) is 0 Å². The predicted octanol–water partition coefficient (Wildman–Crippen LogP) is 1.60. The minimum absolute atomic E-state index is 0.266. The number of anilines is 1. The molecule has 22 heavy (non-hydrogen) atoms. The van der Waals surface area contributed by atoms with Crippen molar-refractivity contribution < 1.29 is 14.8 Å². The second kappa shape index (κ2) is 5.98. The van der Waals surface area contributed by atoms with Crippen molar-refractivity contribution in [2.45, 2.75) is 12.6 Å². The normalized spacial score (nSPS) is 23.7. The van der Waals surface area contributed by atoms with Crippen LogP contribution in [0.5, 0.6) is 0 Å². The smallest absolute Gasteiger partial charge is 0.314 e. The zero-order chi connectivity index (χ0) is 16.3. The molecule has 1 aliphatic rings. The molecule has 3 N–H and O–H groups in total. The molecule has 0 bridgehead atoms. The lowest BCUT2D eigenvalue weighted by atomic mass is 9.86. The number of benzene rings is 1. The van der Waals surface area contributed by atoms with Gasteiger partial charge in [0.1, 0.15) is 11.6 Å². The molecular formula is C15H17N3O4. The van der Waals surface area contributed by atoms with Gasteiger partial charge in [-0.3, -0.25) is 14.9 Å². The third-order valence-electron chi connectivity index (χ3n) is 3.69. The Bertz CT molecular complexity index is 641. The second-order valence-electron chi connectivity index (χ2n) is 4.96. The molecule has 0 radical (unpaired) electrons. The molecule has 0 aromatic heterocycles. The number of hydrogen-bond acceptors (Lipinski definition) is 5. The highest BCUT2D eigenvalue weighted by Crippen LogP contribution is 2.32. The molecule has 7 heteroatoms. The fraction of sp³-hybridized carbons (Fsp3) is 0.267. The Hall–Kier alpha value is -2.67. The van der Waals surface area contributed by atoms with Crippen LogP contribution in [-0.4, -0.2) is 28.2 Å². The summed E-state index contributed by atoms with van der Waals surface area (Å²) in [5, 5.41) is 20.3. The van der Waals surface area contributed by atoms with E-state index in [9.17, 15) is 20.0 Å². The number of hydrogen-bond donors (Lipinski definition) is 2. The summed E-state index contributed by atoms with van der Waals surface area (Å²) >= 11 is 0. The van der Waals surface area contributed by atoms with Crippen LogP contribution in [-0.2, 0) is 4.79 Å². The van der Waals surface area contributed by atoms with Gasteiger partial charge in [-0.05, 0) is 25.1 Å². The van der Waals surface area contributed by atoms with E-state index in [-0.39, 0.29) is 5.70 Å². The molecule has 7 nitrogen and oxygen atoms in total. The lowest BCUT2D eigenvalue weighted by Crippen LogP contribution is -2.62. The minimum Gasteiger partial charge on any atom is -0.481 e. The summed E-state index contributed by atoms with van der Waals surface area (Å²) in [4.78, 5) is 23.6. The van der Waals surface area contributed by atoms with Gasteiger partial charge in [0, 0.05) is 24.4 Å². The maximum atomic E-state index is 11.6. The maximum absolute atomic E-state index is 11.6. The van der Waals surface area contributed by atoms with Gasteiger partial charge in [-0.25, -0.2) is 0 Å². The summed E-state index contributed by atoms with van der Waals surface area (Å²) in [5.41, 5.74) is 5.46. The lowest BCUT2D eigenvalue weighted by molar-refractivity contribution is -0.419. The molecule has 0 fully saturated rings. The van der Waals surface area contributed by atoms with Crippen LogP contribution in [0.1, 0.15) is 6.92 Å². The fourth-order valence-electron chi connectivity index (χ4n) is 2.62. The van der Waals surface area contributed by atoms with Gasteiger partial charge in [-0.1, -0.05) is 18.2 Å². The molecular weight excluding hydrogens is 286 g/mol. The quantitative estimate of drug-likeness (QED) is 0.485. The van der Waals surface area contributed by atoms with Crippen molar-refractivity contribution in [2.75, 3.05) is 11.4 Å². The number of carbonyl (C=O) groups is 1. The zero-order valence-corrected chi connectivity index (χ0v) is 12.0. The first kappa shape index (κ1) is 15.7. The van der Waals surface area contributed by atoms with Crippen molar-refractivity contribution in [3.63, 3.8) is 0 Å². The Morgan fingerprint density at radius 3 is 2.59 bits per heavy atom. The van der Waals surface area contributed by atoms with E-state index >= 15 is 0 Å². The highest BCUT2D eigenvalue weighted by molar-refractivity contribution is 5.77. The SMILES string of the molecule is CCN(c1ccccc1)C1(N)C=CC([N+](=O)[O-])=CC1C(=O)O. The number of aliphatic carboxylic acids is 1. The minimum atomic E-state index is -1.37. The Kier molecular flexibility index (Phi) is 4.27. The summed E-state index contributed by atoms with van der Waals surface area (Å²) in [6, 6.07) is 9.12. The monoisotopic (exact) mass is 303 g/mol. The van der Waals surface area contributed by atoms with Gasteiger partial charge in [0.15, 0.2) is 0 Å². The first-order valence-electron chi connectivity index (χ1n) is 6.80. The third kappa shape index (κ3) is 2.71. The summed E-state index contributed by atoms with van der Waals surface area (Å²) in [6.07, 6.45) is 3.74. The summed E-state index contributed by atoms with van der Waals surface area (Å²) < 4.78 is 0. The van der Waals surface area contributed by atoms with Crippen LogP contribution in [0.3, 0.4) is 0 Å². The van der Waals surface area contributed by atoms with Crippen LogP contribution < -0.4 is 10.6 Å². The van der Waals surface area contributed by atoms with Crippen LogP contribution in [0.4, 0.5) is 5.69 Å². The van der Waals surface area contributed by atoms with Crippen molar-refractivity contribution in [2.24, 2.45) is 11.7 Å². The van der Waals surface area contributed by atoms with Gasteiger partial charge in [0.2, 0.25) is 0 Å². The molecule has 2 atom stereocenters. The topological polar surface area (TPSA) is 110 Å². The third-order valence-corrected chi connectivity index (χ3v) is 3.69. The average molecular weight is 303 g/mol. The van der Waals surface area contributed by atoms with Crippen molar-refractivity contribution in [3.8, 4) is 0 Å². The number of carboxylic acids is 1. The molecule has 116 valence electrons. The Balaban J connectivity index is 2.49. The number of likely N-dealkylation sites (N-methyl/N-ethyl adjacent to an activating group) is 1. The van der Waals surface area contributed by atoms with Gasteiger partial charge in [0.25, 0.3) is 5.70 Å². The molecule has 1 aromatic rings. The van der Waals surface area contributed by atoms with Gasteiger partial charge < -0.3 is 15.7 Å². The van der Waals surface area contributed by atoms with Crippen molar-refractivity contribution >= 4 is 11.7 Å². The van der Waals surface area contributed by atoms with Gasteiger partial charge in [-0.15, -0.1) is 0 Å². The molecule has 2 rings (SSSR count). The van der Waals surface area contributed by atoms with Gasteiger partial charge >= 0.3 is 5.97 Å². The Morgan fingerprint density at radius 2 is 2.09 bits per heavy atom.